The van der Waals surface area contributed by atoms with Crippen molar-refractivity contribution >= 4 is 34.0 Å². The Morgan fingerprint density at radius 1 is 1.57 bits per heavy atom. The molecule has 0 bridgehead atoms. The highest BCUT2D eigenvalue weighted by molar-refractivity contribution is 6.28. The van der Waals surface area contributed by atoms with Gasteiger partial charge in [0.1, 0.15) is 5.84 Å². The average Bonchev–Trinajstić information content (AvgIpc) is 2.64. The van der Waals surface area contributed by atoms with Crippen molar-refractivity contribution in [3.63, 3.8) is 0 Å². The summed E-state index contributed by atoms with van der Waals surface area (Å²) in [5.41, 5.74) is 7.29. The summed E-state index contributed by atoms with van der Waals surface area (Å²) >= 11 is 5.52. The largest absolute Gasteiger partial charge is 0.386 e. The number of nitrogens with one attached hydrogen (secondary N) is 1. The second-order valence-corrected chi connectivity index (χ2v) is 3.15. The molecule has 0 saturated heterocycles. The number of nitrogens with two attached hydrogens (primary N) is 1. The summed E-state index contributed by atoms with van der Waals surface area (Å²) < 4.78 is 0. The SMILES string of the molecule is NC(CCl)=Nc1ccc2[nH]ncc2c1. The first kappa shape index (κ1) is 9.02. The van der Waals surface area contributed by atoms with Crippen molar-refractivity contribution in [3.05, 3.63) is 24.4 Å². The highest BCUT2D eigenvalue weighted by Gasteiger charge is 1.97. The smallest absolute Gasteiger partial charge is 0.115 e. The van der Waals surface area contributed by atoms with Gasteiger partial charge in [-0.3, -0.25) is 5.10 Å². The van der Waals surface area contributed by atoms with Crippen molar-refractivity contribution < 1.29 is 0 Å². The summed E-state index contributed by atoms with van der Waals surface area (Å²) in [6, 6.07) is 5.67. The minimum atomic E-state index is 0.240. The molecule has 0 spiro atoms. The van der Waals surface area contributed by atoms with E-state index in [0.717, 1.165) is 16.6 Å². The summed E-state index contributed by atoms with van der Waals surface area (Å²) in [6.45, 7) is 0. The molecule has 0 aliphatic carbocycles. The van der Waals surface area contributed by atoms with Gasteiger partial charge in [-0.25, -0.2) is 4.99 Å². The van der Waals surface area contributed by atoms with Gasteiger partial charge in [0.2, 0.25) is 0 Å². The van der Waals surface area contributed by atoms with E-state index < -0.39 is 0 Å². The van der Waals surface area contributed by atoms with E-state index in [1.54, 1.807) is 6.20 Å². The Hall–Kier alpha value is -1.55. The molecule has 4 nitrogen and oxygen atoms in total. The minimum absolute atomic E-state index is 0.240. The Morgan fingerprint density at radius 2 is 2.43 bits per heavy atom. The van der Waals surface area contributed by atoms with Gasteiger partial charge in [0.25, 0.3) is 0 Å². The van der Waals surface area contributed by atoms with Gasteiger partial charge in [-0.1, -0.05) is 0 Å². The van der Waals surface area contributed by atoms with Crippen molar-refractivity contribution in [3.8, 4) is 0 Å². The van der Waals surface area contributed by atoms with Gasteiger partial charge in [0, 0.05) is 5.39 Å². The number of benzene rings is 1. The number of H-pyrrole nitrogens is 1. The summed E-state index contributed by atoms with van der Waals surface area (Å²) in [6.07, 6.45) is 1.74. The van der Waals surface area contributed by atoms with Crippen molar-refractivity contribution in [2.45, 2.75) is 0 Å². The number of aromatic nitrogens is 2. The normalized spacial score (nSPS) is 12.2. The monoisotopic (exact) mass is 208 g/mol. The molecular formula is C9H9ClN4. The van der Waals surface area contributed by atoms with Gasteiger partial charge in [-0.15, -0.1) is 11.6 Å². The highest BCUT2D eigenvalue weighted by Crippen LogP contribution is 2.18. The molecule has 2 aromatic rings. The third kappa shape index (κ3) is 1.70. The summed E-state index contributed by atoms with van der Waals surface area (Å²) in [7, 11) is 0. The molecule has 0 fully saturated rings. The number of aliphatic imine (C=N–C) groups is 1. The molecule has 72 valence electrons. The molecule has 14 heavy (non-hydrogen) atoms. The van der Waals surface area contributed by atoms with E-state index >= 15 is 0 Å². The van der Waals surface area contributed by atoms with E-state index in [0.29, 0.717) is 5.84 Å². The van der Waals surface area contributed by atoms with Gasteiger partial charge in [-0.05, 0) is 18.2 Å². The number of aromatic amines is 1. The lowest BCUT2D eigenvalue weighted by atomic mass is 10.2. The second-order valence-electron chi connectivity index (χ2n) is 2.88. The highest BCUT2D eigenvalue weighted by atomic mass is 35.5. The number of hydrogen-bond donors (Lipinski definition) is 2. The summed E-state index contributed by atoms with van der Waals surface area (Å²) in [5.74, 6) is 0.651. The van der Waals surface area contributed by atoms with Crippen molar-refractivity contribution in [2.75, 3.05) is 5.88 Å². The standard InChI is InChI=1S/C9H9ClN4/c10-4-9(11)13-7-1-2-8-6(3-7)5-12-14-8/h1-3,5H,4H2,(H2,11,13)(H,12,14). The topological polar surface area (TPSA) is 67.1 Å². The van der Waals surface area contributed by atoms with E-state index in [2.05, 4.69) is 15.2 Å². The van der Waals surface area contributed by atoms with Crippen LogP contribution in [0.4, 0.5) is 5.69 Å². The third-order valence-corrected chi connectivity index (χ3v) is 2.11. The number of amidine groups is 1. The van der Waals surface area contributed by atoms with E-state index in [4.69, 9.17) is 17.3 Å². The van der Waals surface area contributed by atoms with Crippen LogP contribution in [0.15, 0.2) is 29.4 Å². The van der Waals surface area contributed by atoms with Gasteiger partial charge < -0.3 is 5.73 Å². The van der Waals surface area contributed by atoms with Crippen LogP contribution in [0.1, 0.15) is 0 Å². The van der Waals surface area contributed by atoms with Gasteiger partial charge >= 0.3 is 0 Å². The van der Waals surface area contributed by atoms with Gasteiger partial charge in [0.05, 0.1) is 23.3 Å². The third-order valence-electron chi connectivity index (χ3n) is 1.83. The van der Waals surface area contributed by atoms with E-state index in [1.807, 2.05) is 18.2 Å². The van der Waals surface area contributed by atoms with Crippen LogP contribution in [0.25, 0.3) is 10.9 Å². The Kier molecular flexibility index (Phi) is 2.37. The van der Waals surface area contributed by atoms with E-state index in [9.17, 15) is 0 Å². The molecule has 0 saturated carbocycles. The molecular weight excluding hydrogens is 200 g/mol. The molecule has 1 aromatic carbocycles. The number of halogens is 1. The maximum atomic E-state index is 5.52. The zero-order valence-electron chi connectivity index (χ0n) is 7.37. The summed E-state index contributed by atoms with van der Waals surface area (Å²) in [4.78, 5) is 4.13. The van der Waals surface area contributed by atoms with Crippen LogP contribution in [0.3, 0.4) is 0 Å². The van der Waals surface area contributed by atoms with Crippen LogP contribution in [0, 0.1) is 0 Å². The molecule has 1 heterocycles. The van der Waals surface area contributed by atoms with Crippen LogP contribution >= 0.6 is 11.6 Å². The van der Waals surface area contributed by atoms with E-state index in [-0.39, 0.29) is 5.88 Å². The predicted molar refractivity (Wildman–Crippen MR) is 58.1 cm³/mol. The Morgan fingerprint density at radius 3 is 3.21 bits per heavy atom. The van der Waals surface area contributed by atoms with Crippen LogP contribution in [0.2, 0.25) is 0 Å². The molecule has 1 aromatic heterocycles. The molecule has 0 atom stereocenters. The molecule has 3 N–H and O–H groups in total. The Bertz CT molecular complexity index is 474. The molecule has 0 amide bonds. The molecule has 2 rings (SSSR count). The zero-order valence-corrected chi connectivity index (χ0v) is 8.12. The Labute approximate surface area is 85.8 Å². The quantitative estimate of drug-likeness (QED) is 0.449. The van der Waals surface area contributed by atoms with Crippen molar-refractivity contribution in [1.82, 2.24) is 10.2 Å². The number of alkyl halides is 1. The molecule has 0 aliphatic heterocycles. The van der Waals surface area contributed by atoms with Gasteiger partial charge in [0.15, 0.2) is 0 Å². The lowest BCUT2D eigenvalue weighted by Crippen LogP contribution is -2.12. The lowest BCUT2D eigenvalue weighted by molar-refractivity contribution is 1.12. The second kappa shape index (κ2) is 3.67. The maximum absolute atomic E-state index is 5.52. The van der Waals surface area contributed by atoms with Crippen molar-refractivity contribution in [1.29, 1.82) is 0 Å². The fourth-order valence-electron chi connectivity index (χ4n) is 1.20. The molecule has 5 heteroatoms. The first-order chi connectivity index (χ1) is 6.79. The summed E-state index contributed by atoms with van der Waals surface area (Å²) in [5, 5.41) is 7.78. The molecule has 0 unspecified atom stereocenters. The van der Waals surface area contributed by atoms with Crippen molar-refractivity contribution in [2.24, 2.45) is 10.7 Å². The van der Waals surface area contributed by atoms with Crippen LogP contribution < -0.4 is 5.73 Å². The van der Waals surface area contributed by atoms with Crippen LogP contribution in [-0.4, -0.2) is 21.9 Å². The predicted octanol–water partition coefficient (Wildman–Crippen LogP) is 1.79. The first-order valence-corrected chi connectivity index (χ1v) is 4.65. The lowest BCUT2D eigenvalue weighted by Gasteiger charge is -1.96. The number of fused-ring (bicyclic) bond motifs is 1. The number of nitrogens with zero attached hydrogens (tertiary/aromatic N) is 2. The molecule has 0 radical (unpaired) electrons. The number of rotatable bonds is 2. The Balaban J connectivity index is 2.44. The van der Waals surface area contributed by atoms with E-state index in [1.165, 1.54) is 0 Å². The molecule has 0 aliphatic rings. The fourth-order valence-corrected chi connectivity index (χ4v) is 1.26. The minimum Gasteiger partial charge on any atom is -0.386 e. The average molecular weight is 209 g/mol. The van der Waals surface area contributed by atoms with Crippen LogP contribution in [-0.2, 0) is 0 Å². The zero-order chi connectivity index (χ0) is 9.97. The maximum Gasteiger partial charge on any atom is 0.115 e. The fraction of sp³-hybridized carbons (Fsp3) is 0.111. The van der Waals surface area contributed by atoms with Crippen LogP contribution in [0.5, 0.6) is 0 Å². The number of hydrogen-bond acceptors (Lipinski definition) is 2. The van der Waals surface area contributed by atoms with Gasteiger partial charge in [-0.2, -0.15) is 5.10 Å². The first-order valence-electron chi connectivity index (χ1n) is 4.12.